The molecule has 6 heteroatoms. The molecule has 130 valence electrons. The Morgan fingerprint density at radius 2 is 2.04 bits per heavy atom. The fourth-order valence-electron chi connectivity index (χ4n) is 2.80. The smallest absolute Gasteiger partial charge is 0.253 e. The molecule has 1 aliphatic heterocycles. The molecule has 3 rings (SSSR count). The Hall–Kier alpha value is -1.85. The third kappa shape index (κ3) is 4.36. The maximum absolute atomic E-state index is 12.5. The summed E-state index contributed by atoms with van der Waals surface area (Å²) < 4.78 is 0. The Balaban J connectivity index is 0.00000208. The summed E-state index contributed by atoms with van der Waals surface area (Å²) in [5.74, 6) is 0.109. The Labute approximate surface area is 148 Å². The molecular formula is C18H24ClN3O2. The van der Waals surface area contributed by atoms with E-state index in [0.717, 1.165) is 32.4 Å². The van der Waals surface area contributed by atoms with E-state index in [1.54, 1.807) is 18.0 Å². The van der Waals surface area contributed by atoms with Crippen molar-refractivity contribution in [3.8, 4) is 0 Å². The van der Waals surface area contributed by atoms with Crippen molar-refractivity contribution in [2.75, 3.05) is 31.6 Å². The van der Waals surface area contributed by atoms with Gasteiger partial charge >= 0.3 is 0 Å². The third-order valence-corrected chi connectivity index (χ3v) is 4.40. The highest BCUT2D eigenvalue weighted by Gasteiger charge is 2.33. The molecule has 1 fully saturated rings. The van der Waals surface area contributed by atoms with E-state index in [1.165, 1.54) is 5.57 Å². The van der Waals surface area contributed by atoms with Crippen molar-refractivity contribution in [2.24, 2.45) is 5.92 Å². The lowest BCUT2D eigenvalue weighted by Gasteiger charge is -2.21. The number of halogens is 1. The zero-order chi connectivity index (χ0) is 16.2. The minimum Gasteiger partial charge on any atom is -0.348 e. The van der Waals surface area contributed by atoms with E-state index in [4.69, 9.17) is 0 Å². The van der Waals surface area contributed by atoms with Gasteiger partial charge < -0.3 is 15.5 Å². The van der Waals surface area contributed by atoms with Gasteiger partial charge in [0, 0.05) is 26.1 Å². The predicted octanol–water partition coefficient (Wildman–Crippen LogP) is 2.13. The van der Waals surface area contributed by atoms with Crippen molar-refractivity contribution in [3.05, 3.63) is 41.5 Å². The van der Waals surface area contributed by atoms with Crippen molar-refractivity contribution < 1.29 is 9.59 Å². The highest BCUT2D eigenvalue weighted by molar-refractivity contribution is 6.05. The first-order chi connectivity index (χ1) is 11.2. The summed E-state index contributed by atoms with van der Waals surface area (Å²) in [4.78, 5) is 26.4. The summed E-state index contributed by atoms with van der Waals surface area (Å²) in [5, 5.41) is 6.23. The largest absolute Gasteiger partial charge is 0.348 e. The second-order valence-electron chi connectivity index (χ2n) is 6.19. The number of benzene rings is 1. The molecule has 1 aromatic carbocycles. The summed E-state index contributed by atoms with van der Waals surface area (Å²) in [6.07, 6.45) is 5.00. The zero-order valence-corrected chi connectivity index (χ0v) is 14.7. The lowest BCUT2D eigenvalue weighted by atomic mass is 10.1. The van der Waals surface area contributed by atoms with Gasteiger partial charge in [-0.05, 0) is 37.9 Å². The first-order valence-electron chi connectivity index (χ1n) is 8.20. The standard InChI is InChI=1S/C18H23N3O2.ClH/c1-21(18(23)14-6-7-14)16-5-3-2-4-15(16)17(22)20-12-13-8-10-19-11-9-13;/h2-5,8,14,19H,6-7,9-12H2,1H3,(H,20,22);1H. The molecule has 2 aliphatic rings. The molecule has 0 spiro atoms. The van der Waals surface area contributed by atoms with Crippen molar-refractivity contribution in [1.82, 2.24) is 10.6 Å². The number of anilines is 1. The number of hydrogen-bond acceptors (Lipinski definition) is 3. The SMILES string of the molecule is CN(C(=O)C1CC1)c1ccccc1C(=O)NCC1=CCNCC1.Cl. The lowest BCUT2D eigenvalue weighted by Crippen LogP contribution is -2.33. The number of nitrogens with zero attached hydrogens (tertiary/aromatic N) is 1. The molecule has 1 aliphatic carbocycles. The van der Waals surface area contributed by atoms with Crippen molar-refractivity contribution >= 4 is 29.9 Å². The van der Waals surface area contributed by atoms with Crippen molar-refractivity contribution in [3.63, 3.8) is 0 Å². The summed E-state index contributed by atoms with van der Waals surface area (Å²) in [5.41, 5.74) is 2.48. The number of hydrogen-bond donors (Lipinski definition) is 2. The summed E-state index contributed by atoms with van der Waals surface area (Å²) >= 11 is 0. The van der Waals surface area contributed by atoms with Gasteiger partial charge in [-0.25, -0.2) is 0 Å². The molecule has 0 atom stereocenters. The Morgan fingerprint density at radius 3 is 2.71 bits per heavy atom. The van der Waals surface area contributed by atoms with E-state index in [9.17, 15) is 9.59 Å². The van der Waals surface area contributed by atoms with E-state index >= 15 is 0 Å². The lowest BCUT2D eigenvalue weighted by molar-refractivity contribution is -0.119. The molecule has 0 unspecified atom stereocenters. The normalized spacial score (nSPS) is 16.6. The first kappa shape index (κ1) is 18.5. The second-order valence-corrected chi connectivity index (χ2v) is 6.19. The number of carbonyl (C=O) groups excluding carboxylic acids is 2. The minimum atomic E-state index is -0.129. The van der Waals surface area contributed by atoms with Crippen LogP contribution in [0.5, 0.6) is 0 Å². The van der Waals surface area contributed by atoms with Gasteiger partial charge in [0.15, 0.2) is 0 Å². The molecule has 1 heterocycles. The maximum atomic E-state index is 12.5. The van der Waals surface area contributed by atoms with Gasteiger partial charge in [0.1, 0.15) is 0 Å². The van der Waals surface area contributed by atoms with Crippen LogP contribution in [0.3, 0.4) is 0 Å². The highest BCUT2D eigenvalue weighted by atomic mass is 35.5. The van der Waals surface area contributed by atoms with Crippen molar-refractivity contribution in [1.29, 1.82) is 0 Å². The fraction of sp³-hybridized carbons (Fsp3) is 0.444. The van der Waals surface area contributed by atoms with Gasteiger partial charge in [-0.15, -0.1) is 12.4 Å². The quantitative estimate of drug-likeness (QED) is 0.800. The predicted molar refractivity (Wildman–Crippen MR) is 97.7 cm³/mol. The molecule has 0 radical (unpaired) electrons. The molecule has 2 N–H and O–H groups in total. The monoisotopic (exact) mass is 349 g/mol. The highest BCUT2D eigenvalue weighted by Crippen LogP contribution is 2.33. The van der Waals surface area contributed by atoms with Crippen LogP contribution in [0.2, 0.25) is 0 Å². The van der Waals surface area contributed by atoms with Crippen LogP contribution in [0.1, 0.15) is 29.6 Å². The van der Waals surface area contributed by atoms with Crippen LogP contribution in [0, 0.1) is 5.92 Å². The Morgan fingerprint density at radius 1 is 1.29 bits per heavy atom. The van der Waals surface area contributed by atoms with Gasteiger partial charge in [0.2, 0.25) is 5.91 Å². The van der Waals surface area contributed by atoms with Crippen LogP contribution in [0.4, 0.5) is 5.69 Å². The van der Waals surface area contributed by atoms with Gasteiger partial charge in [0.25, 0.3) is 5.91 Å². The topological polar surface area (TPSA) is 61.4 Å². The molecule has 1 saturated carbocycles. The first-order valence-corrected chi connectivity index (χ1v) is 8.20. The van der Waals surface area contributed by atoms with Crippen LogP contribution in [0.15, 0.2) is 35.9 Å². The van der Waals surface area contributed by atoms with E-state index in [1.807, 2.05) is 18.2 Å². The van der Waals surface area contributed by atoms with Crippen LogP contribution >= 0.6 is 12.4 Å². The van der Waals surface area contributed by atoms with Crippen LogP contribution in [-0.4, -0.2) is 38.5 Å². The molecule has 1 aromatic rings. The third-order valence-electron chi connectivity index (χ3n) is 4.40. The van der Waals surface area contributed by atoms with Crippen molar-refractivity contribution in [2.45, 2.75) is 19.3 Å². The van der Waals surface area contributed by atoms with E-state index < -0.39 is 0 Å². The number of amides is 2. The molecule has 0 bridgehead atoms. The second kappa shape index (κ2) is 8.31. The number of nitrogens with one attached hydrogen (secondary N) is 2. The summed E-state index contributed by atoms with van der Waals surface area (Å²) in [6, 6.07) is 7.30. The zero-order valence-electron chi connectivity index (χ0n) is 13.9. The number of para-hydroxylation sites is 1. The molecule has 0 saturated heterocycles. The molecule has 5 nitrogen and oxygen atoms in total. The van der Waals surface area contributed by atoms with Gasteiger partial charge in [0.05, 0.1) is 11.3 Å². The Bertz CT molecular complexity index is 641. The van der Waals surface area contributed by atoms with Gasteiger partial charge in [-0.2, -0.15) is 0 Å². The van der Waals surface area contributed by atoms with Gasteiger partial charge in [-0.1, -0.05) is 23.8 Å². The number of carbonyl (C=O) groups is 2. The van der Waals surface area contributed by atoms with E-state index in [2.05, 4.69) is 16.7 Å². The minimum absolute atomic E-state index is 0. The van der Waals surface area contributed by atoms with E-state index in [-0.39, 0.29) is 30.1 Å². The van der Waals surface area contributed by atoms with E-state index in [0.29, 0.717) is 17.8 Å². The van der Waals surface area contributed by atoms with Crippen LogP contribution in [0.25, 0.3) is 0 Å². The summed E-state index contributed by atoms with van der Waals surface area (Å²) in [6.45, 7) is 2.38. The molecule has 0 aromatic heterocycles. The van der Waals surface area contributed by atoms with Gasteiger partial charge in [-0.3, -0.25) is 9.59 Å². The Kier molecular flexibility index (Phi) is 6.40. The van der Waals surface area contributed by atoms with Crippen LogP contribution in [-0.2, 0) is 4.79 Å². The maximum Gasteiger partial charge on any atom is 0.253 e. The average Bonchev–Trinajstić information content (AvgIpc) is 3.44. The van der Waals surface area contributed by atoms with Crippen LogP contribution < -0.4 is 15.5 Å². The average molecular weight is 350 g/mol. The molecular weight excluding hydrogens is 326 g/mol. The molecule has 2 amide bonds. The fourth-order valence-corrected chi connectivity index (χ4v) is 2.80. The summed E-state index contributed by atoms with van der Waals surface area (Å²) in [7, 11) is 1.75. The number of rotatable bonds is 5. The molecule has 24 heavy (non-hydrogen) atoms.